The largest absolute Gasteiger partial charge is 0.335 e. The Hall–Kier alpha value is -2.47. The molecular formula is C19H24N6. The van der Waals surface area contributed by atoms with Gasteiger partial charge in [0.1, 0.15) is 5.82 Å². The van der Waals surface area contributed by atoms with Crippen LogP contribution in [0.5, 0.6) is 0 Å². The first kappa shape index (κ1) is 16.0. The summed E-state index contributed by atoms with van der Waals surface area (Å²) >= 11 is 0. The monoisotopic (exact) mass is 336 g/mol. The van der Waals surface area contributed by atoms with Crippen molar-refractivity contribution >= 4 is 0 Å². The van der Waals surface area contributed by atoms with Crippen LogP contribution in [0.1, 0.15) is 42.7 Å². The predicted octanol–water partition coefficient (Wildman–Crippen LogP) is 2.68. The number of nitrogens with zero attached hydrogens (tertiary/aromatic N) is 6. The summed E-state index contributed by atoms with van der Waals surface area (Å²) in [6, 6.07) is 10.0. The molecule has 3 heterocycles. The number of aromatic nitrogens is 5. The van der Waals surface area contributed by atoms with E-state index in [2.05, 4.69) is 40.6 Å². The molecule has 2 aromatic heterocycles. The average Bonchev–Trinajstić information content (AvgIpc) is 3.21. The number of fused-ring (bicyclic) bond motifs is 1. The molecule has 0 bridgehead atoms. The standard InChI is InChI=1S/C19H24N6/c1-14(2)19-21-17-13-24(10-9-18(17)23(19)3)12-15-11-20-25(22-15)16-7-5-4-6-8-16/h4-8,11,14H,9-10,12-13H2,1-3H3. The lowest BCUT2D eigenvalue weighted by atomic mass is 10.1. The molecule has 0 saturated carbocycles. The molecule has 0 fully saturated rings. The Balaban J connectivity index is 1.48. The molecule has 4 rings (SSSR count). The summed E-state index contributed by atoms with van der Waals surface area (Å²) in [5, 5.41) is 9.02. The molecule has 6 nitrogen and oxygen atoms in total. The Labute approximate surface area is 148 Å². The van der Waals surface area contributed by atoms with Crippen LogP contribution in [-0.2, 0) is 26.6 Å². The van der Waals surface area contributed by atoms with Gasteiger partial charge in [-0.3, -0.25) is 4.90 Å². The van der Waals surface area contributed by atoms with Gasteiger partial charge in [-0.25, -0.2) is 4.98 Å². The molecule has 0 unspecified atom stereocenters. The zero-order chi connectivity index (χ0) is 17.4. The number of hydrogen-bond donors (Lipinski definition) is 0. The van der Waals surface area contributed by atoms with Gasteiger partial charge in [-0.1, -0.05) is 32.0 Å². The number of benzene rings is 1. The lowest BCUT2D eigenvalue weighted by Gasteiger charge is -2.25. The third-order valence-electron chi connectivity index (χ3n) is 4.80. The predicted molar refractivity (Wildman–Crippen MR) is 96.5 cm³/mol. The number of imidazole rings is 1. The summed E-state index contributed by atoms with van der Waals surface area (Å²) in [4.78, 5) is 8.97. The number of hydrogen-bond acceptors (Lipinski definition) is 4. The minimum absolute atomic E-state index is 0.454. The Morgan fingerprint density at radius 1 is 1.16 bits per heavy atom. The van der Waals surface area contributed by atoms with E-state index >= 15 is 0 Å². The second-order valence-electron chi connectivity index (χ2n) is 7.00. The second-order valence-corrected chi connectivity index (χ2v) is 7.00. The van der Waals surface area contributed by atoms with Gasteiger partial charge in [0, 0.05) is 44.7 Å². The van der Waals surface area contributed by atoms with Crippen molar-refractivity contribution in [1.82, 2.24) is 29.4 Å². The molecule has 0 atom stereocenters. The van der Waals surface area contributed by atoms with Crippen LogP contribution >= 0.6 is 0 Å². The van der Waals surface area contributed by atoms with Gasteiger partial charge in [-0.05, 0) is 12.1 Å². The Kier molecular flexibility index (Phi) is 4.13. The van der Waals surface area contributed by atoms with Crippen LogP contribution in [0.25, 0.3) is 5.69 Å². The van der Waals surface area contributed by atoms with Crippen molar-refractivity contribution in [2.75, 3.05) is 6.54 Å². The first-order valence-electron chi connectivity index (χ1n) is 8.85. The molecule has 3 aromatic rings. The van der Waals surface area contributed by atoms with E-state index in [9.17, 15) is 0 Å². The van der Waals surface area contributed by atoms with Gasteiger partial charge in [0.05, 0.1) is 23.3 Å². The number of para-hydroxylation sites is 1. The zero-order valence-corrected chi connectivity index (χ0v) is 15.1. The lowest BCUT2D eigenvalue weighted by molar-refractivity contribution is 0.237. The van der Waals surface area contributed by atoms with E-state index in [0.29, 0.717) is 5.92 Å². The maximum atomic E-state index is 4.87. The minimum atomic E-state index is 0.454. The first-order valence-corrected chi connectivity index (χ1v) is 8.85. The molecule has 1 aliphatic heterocycles. The maximum absolute atomic E-state index is 4.87. The molecule has 130 valence electrons. The molecule has 0 saturated heterocycles. The fourth-order valence-electron chi connectivity index (χ4n) is 3.54. The van der Waals surface area contributed by atoms with Gasteiger partial charge in [0.2, 0.25) is 0 Å². The van der Waals surface area contributed by atoms with Gasteiger partial charge in [0.15, 0.2) is 0 Å². The lowest BCUT2D eigenvalue weighted by Crippen LogP contribution is -2.31. The van der Waals surface area contributed by atoms with E-state index in [1.54, 1.807) is 4.80 Å². The average molecular weight is 336 g/mol. The molecule has 0 N–H and O–H groups in total. The topological polar surface area (TPSA) is 51.8 Å². The zero-order valence-electron chi connectivity index (χ0n) is 15.1. The third kappa shape index (κ3) is 3.09. The first-order chi connectivity index (χ1) is 12.1. The highest BCUT2D eigenvalue weighted by Crippen LogP contribution is 2.24. The van der Waals surface area contributed by atoms with Crippen LogP contribution in [0.15, 0.2) is 36.5 Å². The van der Waals surface area contributed by atoms with E-state index < -0.39 is 0 Å². The highest BCUT2D eigenvalue weighted by Gasteiger charge is 2.24. The fraction of sp³-hybridized carbons (Fsp3) is 0.421. The summed E-state index contributed by atoms with van der Waals surface area (Å²) in [6.45, 7) is 7.12. The Morgan fingerprint density at radius 2 is 1.96 bits per heavy atom. The van der Waals surface area contributed by atoms with Gasteiger partial charge in [-0.15, -0.1) is 0 Å². The van der Waals surface area contributed by atoms with Gasteiger partial charge < -0.3 is 4.57 Å². The molecule has 1 aliphatic rings. The summed E-state index contributed by atoms with van der Waals surface area (Å²) in [7, 11) is 2.14. The van der Waals surface area contributed by atoms with E-state index in [4.69, 9.17) is 4.98 Å². The normalized spacial score (nSPS) is 14.9. The second kappa shape index (κ2) is 6.44. The van der Waals surface area contributed by atoms with Gasteiger partial charge >= 0.3 is 0 Å². The van der Waals surface area contributed by atoms with Crippen molar-refractivity contribution in [1.29, 1.82) is 0 Å². The van der Waals surface area contributed by atoms with Crippen molar-refractivity contribution < 1.29 is 0 Å². The summed E-state index contributed by atoms with van der Waals surface area (Å²) in [5.74, 6) is 1.64. The van der Waals surface area contributed by atoms with E-state index in [0.717, 1.165) is 37.4 Å². The molecule has 0 aliphatic carbocycles. The molecule has 6 heteroatoms. The maximum Gasteiger partial charge on any atom is 0.111 e. The fourth-order valence-corrected chi connectivity index (χ4v) is 3.54. The van der Waals surface area contributed by atoms with Gasteiger partial charge in [0.25, 0.3) is 0 Å². The quantitative estimate of drug-likeness (QED) is 0.735. The molecule has 0 radical (unpaired) electrons. The summed E-state index contributed by atoms with van der Waals surface area (Å²) in [5.41, 5.74) is 4.58. The van der Waals surface area contributed by atoms with Crippen molar-refractivity contribution in [3.05, 3.63) is 59.4 Å². The third-order valence-corrected chi connectivity index (χ3v) is 4.80. The van der Waals surface area contributed by atoms with Crippen LogP contribution in [-0.4, -0.2) is 36.0 Å². The van der Waals surface area contributed by atoms with Crippen molar-refractivity contribution in [2.45, 2.75) is 39.3 Å². The molecule has 0 amide bonds. The van der Waals surface area contributed by atoms with Crippen LogP contribution < -0.4 is 0 Å². The van der Waals surface area contributed by atoms with Gasteiger partial charge in [-0.2, -0.15) is 15.0 Å². The summed E-state index contributed by atoms with van der Waals surface area (Å²) in [6.07, 6.45) is 2.90. The summed E-state index contributed by atoms with van der Waals surface area (Å²) < 4.78 is 2.28. The van der Waals surface area contributed by atoms with E-state index in [-0.39, 0.29) is 0 Å². The Morgan fingerprint density at radius 3 is 2.72 bits per heavy atom. The molecular weight excluding hydrogens is 312 g/mol. The molecule has 0 spiro atoms. The molecule has 1 aromatic carbocycles. The van der Waals surface area contributed by atoms with E-state index in [1.807, 2.05) is 36.5 Å². The van der Waals surface area contributed by atoms with Crippen LogP contribution in [0.4, 0.5) is 0 Å². The van der Waals surface area contributed by atoms with Crippen molar-refractivity contribution in [3.63, 3.8) is 0 Å². The smallest absolute Gasteiger partial charge is 0.111 e. The van der Waals surface area contributed by atoms with E-state index in [1.165, 1.54) is 17.2 Å². The van der Waals surface area contributed by atoms with Crippen molar-refractivity contribution in [2.24, 2.45) is 7.05 Å². The van der Waals surface area contributed by atoms with Crippen LogP contribution in [0, 0.1) is 0 Å². The minimum Gasteiger partial charge on any atom is -0.335 e. The van der Waals surface area contributed by atoms with Crippen LogP contribution in [0.2, 0.25) is 0 Å². The van der Waals surface area contributed by atoms with Crippen LogP contribution in [0.3, 0.4) is 0 Å². The number of rotatable bonds is 4. The van der Waals surface area contributed by atoms with Crippen molar-refractivity contribution in [3.8, 4) is 5.69 Å². The highest BCUT2D eigenvalue weighted by atomic mass is 15.5. The Bertz CT molecular complexity index is 861. The highest BCUT2D eigenvalue weighted by molar-refractivity contribution is 5.28. The molecule has 25 heavy (non-hydrogen) atoms. The SMILES string of the molecule is CC(C)c1nc2c(n1C)CCN(Cc1cnn(-c3ccccc3)n1)C2.